The Morgan fingerprint density at radius 2 is 2.03 bits per heavy atom. The van der Waals surface area contributed by atoms with Crippen molar-refractivity contribution in [2.24, 2.45) is 0 Å². The number of hydrogen-bond donors (Lipinski definition) is 1. The van der Waals surface area contributed by atoms with Crippen LogP contribution in [0.3, 0.4) is 0 Å². The molecule has 1 N–H and O–H groups in total. The SMILES string of the molecule is CC(C)(C)OC(=O)CCCOc1ccc2c(ccc3occ(C4CCC(=O)NC4=O)c32)n1. The minimum atomic E-state index is -0.497. The molecule has 4 rings (SSSR count). The maximum atomic E-state index is 12.4. The topological polar surface area (TPSA) is 108 Å². The molecule has 0 aliphatic carbocycles. The fourth-order valence-electron chi connectivity index (χ4n) is 3.86. The number of nitrogens with zero attached hydrogens (tertiary/aromatic N) is 1. The zero-order valence-corrected chi connectivity index (χ0v) is 18.4. The molecule has 1 fully saturated rings. The van der Waals surface area contributed by atoms with Crippen molar-refractivity contribution in [3.05, 3.63) is 36.1 Å². The van der Waals surface area contributed by atoms with Crippen LogP contribution in [0.25, 0.3) is 21.9 Å². The van der Waals surface area contributed by atoms with E-state index in [9.17, 15) is 14.4 Å². The predicted octanol–water partition coefficient (Wildman–Crippen LogP) is 4.00. The van der Waals surface area contributed by atoms with E-state index in [4.69, 9.17) is 13.9 Å². The largest absolute Gasteiger partial charge is 0.478 e. The first kappa shape index (κ1) is 21.8. The molecule has 168 valence electrons. The molecule has 1 aliphatic heterocycles. The number of imide groups is 1. The highest BCUT2D eigenvalue weighted by molar-refractivity contribution is 6.09. The number of piperidine rings is 1. The van der Waals surface area contributed by atoms with Crippen LogP contribution in [0.5, 0.6) is 5.88 Å². The van der Waals surface area contributed by atoms with Gasteiger partial charge in [-0.3, -0.25) is 19.7 Å². The van der Waals surface area contributed by atoms with Gasteiger partial charge in [-0.2, -0.15) is 0 Å². The number of pyridine rings is 1. The molecule has 0 bridgehead atoms. The van der Waals surface area contributed by atoms with Crippen LogP contribution in [0.4, 0.5) is 0 Å². The number of hydrogen-bond acceptors (Lipinski definition) is 7. The quantitative estimate of drug-likeness (QED) is 0.352. The number of fused-ring (bicyclic) bond motifs is 3. The van der Waals surface area contributed by atoms with E-state index in [1.807, 2.05) is 39.0 Å². The Kier molecular flexibility index (Phi) is 5.86. The monoisotopic (exact) mass is 438 g/mol. The van der Waals surface area contributed by atoms with Crippen LogP contribution >= 0.6 is 0 Å². The summed E-state index contributed by atoms with van der Waals surface area (Å²) >= 11 is 0. The Morgan fingerprint density at radius 3 is 2.78 bits per heavy atom. The number of esters is 1. The molecule has 1 unspecified atom stereocenters. The molecule has 3 aromatic rings. The minimum absolute atomic E-state index is 0.251. The summed E-state index contributed by atoms with van der Waals surface area (Å²) < 4.78 is 16.7. The molecule has 1 saturated heterocycles. The Hall–Kier alpha value is -3.42. The molecule has 0 spiro atoms. The lowest BCUT2D eigenvalue weighted by Gasteiger charge is -2.20. The van der Waals surface area contributed by atoms with Gasteiger partial charge in [0.25, 0.3) is 0 Å². The van der Waals surface area contributed by atoms with Crippen LogP contribution < -0.4 is 10.1 Å². The molecule has 0 saturated carbocycles. The van der Waals surface area contributed by atoms with Crippen molar-refractivity contribution in [1.82, 2.24) is 10.3 Å². The maximum Gasteiger partial charge on any atom is 0.306 e. The van der Waals surface area contributed by atoms with Crippen molar-refractivity contribution < 1.29 is 28.3 Å². The molecule has 32 heavy (non-hydrogen) atoms. The van der Waals surface area contributed by atoms with E-state index in [2.05, 4.69) is 10.3 Å². The fourth-order valence-corrected chi connectivity index (χ4v) is 3.86. The Balaban J connectivity index is 1.49. The number of rotatable bonds is 6. The molecule has 2 amide bonds. The molecule has 8 nitrogen and oxygen atoms in total. The Labute approximate surface area is 185 Å². The summed E-state index contributed by atoms with van der Waals surface area (Å²) in [4.78, 5) is 40.2. The van der Waals surface area contributed by atoms with Gasteiger partial charge in [-0.15, -0.1) is 0 Å². The van der Waals surface area contributed by atoms with Crippen molar-refractivity contribution in [2.45, 2.75) is 58.0 Å². The van der Waals surface area contributed by atoms with E-state index in [-0.39, 0.29) is 24.2 Å². The van der Waals surface area contributed by atoms with Crippen LogP contribution in [0.1, 0.15) is 57.9 Å². The number of furan rings is 1. The second-order valence-corrected chi connectivity index (χ2v) is 8.89. The number of ether oxygens (including phenoxy) is 2. The summed E-state index contributed by atoms with van der Waals surface area (Å²) in [6.07, 6.45) is 3.13. The smallest absolute Gasteiger partial charge is 0.306 e. The highest BCUT2D eigenvalue weighted by atomic mass is 16.6. The lowest BCUT2D eigenvalue weighted by molar-refractivity contribution is -0.155. The van der Waals surface area contributed by atoms with Crippen molar-refractivity contribution >= 4 is 39.7 Å². The van der Waals surface area contributed by atoms with Crippen LogP contribution in [-0.4, -0.2) is 35.0 Å². The average molecular weight is 438 g/mol. The predicted molar refractivity (Wildman–Crippen MR) is 117 cm³/mol. The van der Waals surface area contributed by atoms with Gasteiger partial charge in [0.15, 0.2) is 0 Å². The molecule has 1 aliphatic rings. The van der Waals surface area contributed by atoms with E-state index in [1.165, 1.54) is 0 Å². The van der Waals surface area contributed by atoms with E-state index in [0.717, 1.165) is 16.3 Å². The third-order valence-electron chi connectivity index (χ3n) is 5.22. The zero-order valence-electron chi connectivity index (χ0n) is 18.4. The van der Waals surface area contributed by atoms with E-state index in [1.54, 1.807) is 12.3 Å². The van der Waals surface area contributed by atoms with Gasteiger partial charge in [-0.25, -0.2) is 4.98 Å². The first-order chi connectivity index (χ1) is 15.2. The van der Waals surface area contributed by atoms with Gasteiger partial charge in [0.05, 0.1) is 24.3 Å². The third kappa shape index (κ3) is 4.74. The van der Waals surface area contributed by atoms with Gasteiger partial charge in [-0.1, -0.05) is 0 Å². The molecular weight excluding hydrogens is 412 g/mol. The number of nitrogens with one attached hydrogen (secondary N) is 1. The van der Waals surface area contributed by atoms with E-state index in [0.29, 0.717) is 42.8 Å². The van der Waals surface area contributed by atoms with Gasteiger partial charge in [0, 0.05) is 35.2 Å². The average Bonchev–Trinajstić information content (AvgIpc) is 3.14. The van der Waals surface area contributed by atoms with E-state index >= 15 is 0 Å². The highest BCUT2D eigenvalue weighted by Crippen LogP contribution is 2.36. The van der Waals surface area contributed by atoms with Crippen molar-refractivity contribution in [3.63, 3.8) is 0 Å². The first-order valence-corrected chi connectivity index (χ1v) is 10.7. The molecule has 0 radical (unpaired) electrons. The molecule has 2 aromatic heterocycles. The van der Waals surface area contributed by atoms with Gasteiger partial charge in [0.2, 0.25) is 17.7 Å². The summed E-state index contributed by atoms with van der Waals surface area (Å²) in [5.74, 6) is -0.802. The fraction of sp³-hybridized carbons (Fsp3) is 0.417. The Morgan fingerprint density at radius 1 is 1.22 bits per heavy atom. The lowest BCUT2D eigenvalue weighted by Crippen LogP contribution is -2.39. The maximum absolute atomic E-state index is 12.4. The summed E-state index contributed by atoms with van der Waals surface area (Å²) in [6, 6.07) is 7.30. The van der Waals surface area contributed by atoms with Crippen molar-refractivity contribution in [2.75, 3.05) is 6.61 Å². The first-order valence-electron chi connectivity index (χ1n) is 10.7. The molecule has 3 heterocycles. The van der Waals surface area contributed by atoms with Gasteiger partial charge in [0.1, 0.15) is 11.2 Å². The van der Waals surface area contributed by atoms with Crippen molar-refractivity contribution in [1.29, 1.82) is 0 Å². The second-order valence-electron chi connectivity index (χ2n) is 8.89. The second kappa shape index (κ2) is 8.61. The Bertz CT molecular complexity index is 1190. The van der Waals surface area contributed by atoms with E-state index < -0.39 is 11.5 Å². The summed E-state index contributed by atoms with van der Waals surface area (Å²) in [5, 5.41) is 4.07. The standard InChI is InChI=1S/C24H26N2O6/c1-24(2,3)32-21(28)5-4-12-30-20-11-7-15-17(25-20)8-9-18-22(15)16(13-31-18)14-6-10-19(27)26-23(14)29/h7-9,11,13-14H,4-6,10,12H2,1-3H3,(H,26,27,29). The van der Waals surface area contributed by atoms with Crippen molar-refractivity contribution in [3.8, 4) is 5.88 Å². The number of amides is 2. The number of carbonyl (C=O) groups excluding carboxylic acids is 3. The van der Waals surface area contributed by atoms with Crippen LogP contribution in [-0.2, 0) is 19.1 Å². The van der Waals surface area contributed by atoms with Crippen LogP contribution in [0, 0.1) is 0 Å². The molecule has 8 heteroatoms. The number of aromatic nitrogens is 1. The summed E-state index contributed by atoms with van der Waals surface area (Å²) in [7, 11) is 0. The molecular formula is C24H26N2O6. The summed E-state index contributed by atoms with van der Waals surface area (Å²) in [5.41, 5.74) is 1.62. The van der Waals surface area contributed by atoms with Crippen LogP contribution in [0.2, 0.25) is 0 Å². The minimum Gasteiger partial charge on any atom is -0.478 e. The zero-order chi connectivity index (χ0) is 22.9. The van der Waals surface area contributed by atoms with Gasteiger partial charge in [-0.05, 0) is 51.8 Å². The third-order valence-corrected chi connectivity index (χ3v) is 5.22. The van der Waals surface area contributed by atoms with Crippen LogP contribution in [0.15, 0.2) is 34.9 Å². The lowest BCUT2D eigenvalue weighted by atomic mass is 9.89. The highest BCUT2D eigenvalue weighted by Gasteiger charge is 2.31. The number of benzene rings is 1. The molecule has 1 atom stereocenters. The summed E-state index contributed by atoms with van der Waals surface area (Å²) in [6.45, 7) is 5.85. The number of carbonyl (C=O) groups is 3. The van der Waals surface area contributed by atoms with Gasteiger partial charge >= 0.3 is 5.97 Å². The molecule has 1 aromatic carbocycles. The normalized spacial score (nSPS) is 16.9. The van der Waals surface area contributed by atoms with Gasteiger partial charge < -0.3 is 13.9 Å².